The van der Waals surface area contributed by atoms with Crippen LogP contribution < -0.4 is 0 Å². The lowest BCUT2D eigenvalue weighted by atomic mass is 10.0. The van der Waals surface area contributed by atoms with Crippen molar-refractivity contribution in [2.45, 2.75) is 104 Å². The predicted molar refractivity (Wildman–Crippen MR) is 89.4 cm³/mol. The first-order valence-electron chi connectivity index (χ1n) is 8.57. The third-order valence-corrected chi connectivity index (χ3v) is 3.46. The highest BCUT2D eigenvalue weighted by molar-refractivity contribution is 7.30. The third-order valence-electron chi connectivity index (χ3n) is 3.46. The van der Waals surface area contributed by atoms with Gasteiger partial charge in [0, 0.05) is 0 Å². The summed E-state index contributed by atoms with van der Waals surface area (Å²) in [5.41, 5.74) is 0. The highest BCUT2D eigenvalue weighted by Gasteiger charge is 1.92. The second-order valence-corrected chi connectivity index (χ2v) is 6.09. The minimum atomic E-state index is -3.13. The topological polar surface area (TPSA) is 57.5 Å². The van der Waals surface area contributed by atoms with Crippen molar-refractivity contribution in [2.24, 2.45) is 0 Å². The van der Waals surface area contributed by atoms with Gasteiger partial charge in [-0.05, 0) is 0 Å². The molecule has 0 saturated heterocycles. The molecule has 0 unspecified atom stereocenters. The van der Waals surface area contributed by atoms with Gasteiger partial charge in [-0.1, -0.05) is 104 Å². The first-order valence-corrected chi connectivity index (χ1v) is 9.87. The molecule has 3 nitrogen and oxygen atoms in total. The molecule has 2 N–H and O–H groups in total. The van der Waals surface area contributed by atoms with E-state index in [0.717, 1.165) is 0 Å². The van der Waals surface area contributed by atoms with Gasteiger partial charge in [-0.2, -0.15) is 0 Å². The van der Waals surface area contributed by atoms with Gasteiger partial charge in [0.25, 0.3) is 0 Å². The summed E-state index contributed by atoms with van der Waals surface area (Å²) in [6, 6.07) is 0. The molecule has 0 rings (SSSR count). The Kier molecular flexibility index (Phi) is 24.1. The average molecular weight is 308 g/mol. The van der Waals surface area contributed by atoms with Crippen molar-refractivity contribution in [3.8, 4) is 0 Å². The normalized spacial score (nSPS) is 10.4. The van der Waals surface area contributed by atoms with Crippen LogP contribution in [-0.2, 0) is 4.57 Å². The van der Waals surface area contributed by atoms with E-state index in [4.69, 9.17) is 14.4 Å². The third kappa shape index (κ3) is 30.9. The molecule has 20 heavy (non-hydrogen) atoms. The van der Waals surface area contributed by atoms with E-state index in [1.54, 1.807) is 0 Å². The molecule has 0 aliphatic heterocycles. The molecule has 0 heterocycles. The first-order chi connectivity index (χ1) is 9.65. The SMILES string of the molecule is CCCCCCCCCCCCCCCC.O=[PH](O)O. The quantitative estimate of drug-likeness (QED) is 0.331. The van der Waals surface area contributed by atoms with Gasteiger partial charge < -0.3 is 9.79 Å². The zero-order valence-corrected chi connectivity index (χ0v) is 14.7. The molecule has 0 aliphatic carbocycles. The van der Waals surface area contributed by atoms with Gasteiger partial charge in [-0.25, -0.2) is 0 Å². The zero-order chi connectivity index (χ0) is 15.5. The van der Waals surface area contributed by atoms with Crippen molar-refractivity contribution in [3.63, 3.8) is 0 Å². The largest absolute Gasteiger partial charge is 0.326 e. The van der Waals surface area contributed by atoms with Gasteiger partial charge >= 0.3 is 8.25 Å². The molecule has 0 amide bonds. The van der Waals surface area contributed by atoms with Crippen LogP contribution in [-0.4, -0.2) is 9.79 Å². The molecule has 0 atom stereocenters. The molecule has 0 aromatic heterocycles. The molecular formula is C16H37O3P. The Bertz CT molecular complexity index is 169. The summed E-state index contributed by atoms with van der Waals surface area (Å²) in [6.45, 7) is 4.58. The van der Waals surface area contributed by atoms with E-state index in [2.05, 4.69) is 13.8 Å². The first kappa shape index (κ1) is 22.4. The van der Waals surface area contributed by atoms with Crippen LogP contribution in [0.2, 0.25) is 0 Å². The highest BCUT2D eigenvalue weighted by atomic mass is 31.1. The summed E-state index contributed by atoms with van der Waals surface area (Å²) in [4.78, 5) is 14.3. The monoisotopic (exact) mass is 308 g/mol. The van der Waals surface area contributed by atoms with Gasteiger partial charge in [0.05, 0.1) is 0 Å². The van der Waals surface area contributed by atoms with Crippen LogP contribution in [0.3, 0.4) is 0 Å². The van der Waals surface area contributed by atoms with E-state index in [0.29, 0.717) is 0 Å². The average Bonchev–Trinajstić information content (AvgIpc) is 2.39. The lowest BCUT2D eigenvalue weighted by Gasteiger charge is -2.02. The van der Waals surface area contributed by atoms with Crippen LogP contribution >= 0.6 is 8.25 Å². The molecule has 0 aromatic carbocycles. The summed E-state index contributed by atoms with van der Waals surface area (Å²) in [5, 5.41) is 0. The van der Waals surface area contributed by atoms with Gasteiger partial charge in [0.2, 0.25) is 0 Å². The molecule has 0 aliphatic rings. The fourth-order valence-electron chi connectivity index (χ4n) is 2.27. The number of hydrogen-bond donors (Lipinski definition) is 2. The maximum Gasteiger partial charge on any atom is 0.314 e. The molecule has 0 aromatic rings. The van der Waals surface area contributed by atoms with E-state index < -0.39 is 8.25 Å². The Labute approximate surface area is 127 Å². The fraction of sp³-hybridized carbons (Fsp3) is 1.00. The second-order valence-electron chi connectivity index (χ2n) is 5.53. The zero-order valence-electron chi connectivity index (χ0n) is 13.7. The lowest BCUT2D eigenvalue weighted by Crippen LogP contribution is -1.82. The van der Waals surface area contributed by atoms with Crippen LogP contribution in [0, 0.1) is 0 Å². The summed E-state index contributed by atoms with van der Waals surface area (Å²) in [7, 11) is -3.13. The Morgan fingerprint density at radius 3 is 0.850 bits per heavy atom. The van der Waals surface area contributed by atoms with E-state index in [1.807, 2.05) is 0 Å². The highest BCUT2D eigenvalue weighted by Crippen LogP contribution is 2.12. The molecule has 0 radical (unpaired) electrons. The molecule has 0 fully saturated rings. The van der Waals surface area contributed by atoms with Crippen molar-refractivity contribution in [3.05, 3.63) is 0 Å². The van der Waals surface area contributed by atoms with E-state index >= 15 is 0 Å². The summed E-state index contributed by atoms with van der Waals surface area (Å²) >= 11 is 0. The molecule has 4 heteroatoms. The Balaban J connectivity index is 0. The Hall–Kier alpha value is 0.150. The van der Waals surface area contributed by atoms with Gasteiger partial charge in [-0.15, -0.1) is 0 Å². The number of rotatable bonds is 13. The van der Waals surface area contributed by atoms with Crippen molar-refractivity contribution in [1.82, 2.24) is 0 Å². The Morgan fingerprint density at radius 1 is 0.550 bits per heavy atom. The summed E-state index contributed by atoms with van der Waals surface area (Å²) in [5.74, 6) is 0. The maximum atomic E-state index is 8.74. The second kappa shape index (κ2) is 21.4. The van der Waals surface area contributed by atoms with Gasteiger partial charge in [-0.3, -0.25) is 4.57 Å². The molecule has 0 bridgehead atoms. The van der Waals surface area contributed by atoms with Gasteiger partial charge in [0.15, 0.2) is 0 Å². The fourth-order valence-corrected chi connectivity index (χ4v) is 2.27. The molecular weight excluding hydrogens is 271 g/mol. The Morgan fingerprint density at radius 2 is 0.700 bits per heavy atom. The minimum Gasteiger partial charge on any atom is -0.326 e. The van der Waals surface area contributed by atoms with Crippen molar-refractivity contribution >= 4 is 8.25 Å². The standard InChI is InChI=1S/C16H34.H3O3P/c1-3-5-7-9-11-13-15-16-14-12-10-8-6-4-2;1-4(2)3/h3-16H2,1-2H3;4H,(H2,1,2,3). The van der Waals surface area contributed by atoms with Crippen LogP contribution in [0.5, 0.6) is 0 Å². The lowest BCUT2D eigenvalue weighted by molar-refractivity contribution is 0.405. The van der Waals surface area contributed by atoms with Crippen molar-refractivity contribution < 1.29 is 14.4 Å². The molecule has 0 saturated carbocycles. The van der Waals surface area contributed by atoms with E-state index in [1.165, 1.54) is 89.9 Å². The van der Waals surface area contributed by atoms with Crippen LogP contribution in [0.25, 0.3) is 0 Å². The van der Waals surface area contributed by atoms with Gasteiger partial charge in [0.1, 0.15) is 0 Å². The van der Waals surface area contributed by atoms with E-state index in [9.17, 15) is 0 Å². The van der Waals surface area contributed by atoms with Crippen LogP contribution in [0.4, 0.5) is 0 Å². The van der Waals surface area contributed by atoms with Crippen LogP contribution in [0.15, 0.2) is 0 Å². The van der Waals surface area contributed by atoms with Crippen molar-refractivity contribution in [1.29, 1.82) is 0 Å². The summed E-state index contributed by atoms with van der Waals surface area (Å²) in [6.07, 6.45) is 20.4. The number of hydrogen-bond acceptors (Lipinski definition) is 1. The van der Waals surface area contributed by atoms with E-state index in [-0.39, 0.29) is 0 Å². The smallest absolute Gasteiger partial charge is 0.314 e. The predicted octanol–water partition coefficient (Wildman–Crippen LogP) is 5.85. The molecule has 0 spiro atoms. The maximum absolute atomic E-state index is 8.74. The summed E-state index contributed by atoms with van der Waals surface area (Å²) < 4.78 is 8.74. The minimum absolute atomic E-state index is 1.37. The van der Waals surface area contributed by atoms with Crippen LogP contribution in [0.1, 0.15) is 104 Å². The molecule has 124 valence electrons. The van der Waals surface area contributed by atoms with Crippen molar-refractivity contribution in [2.75, 3.05) is 0 Å². The number of unbranched alkanes of at least 4 members (excludes halogenated alkanes) is 13.